The van der Waals surface area contributed by atoms with Gasteiger partial charge in [0.15, 0.2) is 5.75 Å². The summed E-state index contributed by atoms with van der Waals surface area (Å²) in [7, 11) is -0.879. The minimum atomic E-state index is -2.24. The van der Waals surface area contributed by atoms with Gasteiger partial charge in [-0.15, -0.1) is 0 Å². The molecule has 7 nitrogen and oxygen atoms in total. The first kappa shape index (κ1) is 18.0. The number of ether oxygens (including phenoxy) is 1. The normalized spacial score (nSPS) is 11.9. The third-order valence-corrected chi connectivity index (χ3v) is 8.22. The lowest BCUT2D eigenvalue weighted by atomic mass is 10.1. The van der Waals surface area contributed by atoms with Crippen LogP contribution in [0.1, 0.15) is 31.1 Å². The summed E-state index contributed by atoms with van der Waals surface area (Å²) in [6.07, 6.45) is 0. The molecule has 1 aromatic carbocycles. The van der Waals surface area contributed by atoms with Crippen LogP contribution in [0.2, 0.25) is 18.1 Å². The van der Waals surface area contributed by atoms with Crippen molar-refractivity contribution >= 4 is 20.0 Å². The number of nitrogens with zero attached hydrogens (tertiary/aromatic N) is 1. The van der Waals surface area contributed by atoms with Crippen LogP contribution in [0.25, 0.3) is 0 Å². The number of nitro groups is 1. The first-order chi connectivity index (χ1) is 9.90. The maximum absolute atomic E-state index is 11.3. The number of hydrogen-bond donors (Lipinski definition) is 1. The van der Waals surface area contributed by atoms with Crippen LogP contribution in [0.5, 0.6) is 11.5 Å². The number of hydrogen-bond acceptors (Lipinski definition) is 5. The van der Waals surface area contributed by atoms with Crippen molar-refractivity contribution in [1.82, 2.24) is 0 Å². The molecule has 1 aromatic rings. The Kier molecular flexibility index (Phi) is 4.86. The third-order valence-electron chi connectivity index (χ3n) is 3.88. The van der Waals surface area contributed by atoms with Gasteiger partial charge in [0.25, 0.3) is 14.0 Å². The van der Waals surface area contributed by atoms with Gasteiger partial charge in [-0.25, -0.2) is 4.79 Å². The van der Waals surface area contributed by atoms with E-state index in [1.807, 2.05) is 33.9 Å². The summed E-state index contributed by atoms with van der Waals surface area (Å²) < 4.78 is 11.2. The van der Waals surface area contributed by atoms with Crippen molar-refractivity contribution < 1.29 is 24.0 Å². The molecule has 0 saturated heterocycles. The molecule has 22 heavy (non-hydrogen) atoms. The van der Waals surface area contributed by atoms with Gasteiger partial charge in [0.1, 0.15) is 11.3 Å². The molecular formula is C14H21NO6Si. The molecule has 0 bridgehead atoms. The third kappa shape index (κ3) is 3.56. The molecule has 0 unspecified atom stereocenters. The maximum Gasteiger partial charge on any atom is 0.342 e. The standard InChI is InChI=1S/C14H21NO6Si/c1-14(2,3)22(5,6)21-12-7-9(13(16)17)10(15(18)19)8-11(12)20-4/h7-8H,1-6H3,(H,16,17). The van der Waals surface area contributed by atoms with Gasteiger partial charge < -0.3 is 14.3 Å². The molecule has 0 saturated carbocycles. The van der Waals surface area contributed by atoms with E-state index in [1.165, 1.54) is 13.2 Å². The molecular weight excluding hydrogens is 306 g/mol. The summed E-state index contributed by atoms with van der Waals surface area (Å²) in [5.74, 6) is -1.01. The Bertz CT molecular complexity index is 606. The number of carbonyl (C=O) groups is 1. The van der Waals surface area contributed by atoms with Crippen molar-refractivity contribution in [3.63, 3.8) is 0 Å². The second kappa shape index (κ2) is 5.96. The summed E-state index contributed by atoms with van der Waals surface area (Å²) in [6.45, 7) is 10.1. The van der Waals surface area contributed by atoms with E-state index in [4.69, 9.17) is 9.16 Å². The Hall–Kier alpha value is -2.09. The molecule has 122 valence electrons. The number of methoxy groups -OCH3 is 1. The molecule has 0 heterocycles. The summed E-state index contributed by atoms with van der Waals surface area (Å²) in [5, 5.41) is 20.1. The van der Waals surface area contributed by atoms with Gasteiger partial charge in [0.2, 0.25) is 0 Å². The van der Waals surface area contributed by atoms with Crippen LogP contribution >= 0.6 is 0 Å². The number of carboxylic acids is 1. The first-order valence-corrected chi connectivity index (χ1v) is 9.60. The second-order valence-electron chi connectivity index (χ2n) is 6.44. The van der Waals surface area contributed by atoms with Gasteiger partial charge in [0.05, 0.1) is 18.1 Å². The number of nitro benzene ring substituents is 1. The van der Waals surface area contributed by atoms with E-state index in [0.29, 0.717) is 0 Å². The van der Waals surface area contributed by atoms with E-state index >= 15 is 0 Å². The molecule has 0 atom stereocenters. The van der Waals surface area contributed by atoms with Gasteiger partial charge >= 0.3 is 5.97 Å². The van der Waals surface area contributed by atoms with Crippen molar-refractivity contribution in [3.05, 3.63) is 27.8 Å². The van der Waals surface area contributed by atoms with Gasteiger partial charge in [-0.2, -0.15) is 0 Å². The Morgan fingerprint density at radius 1 is 1.27 bits per heavy atom. The predicted octanol–water partition coefficient (Wildman–Crippen LogP) is 3.69. The van der Waals surface area contributed by atoms with Crippen LogP contribution < -0.4 is 9.16 Å². The highest BCUT2D eigenvalue weighted by molar-refractivity contribution is 6.74. The van der Waals surface area contributed by atoms with Crippen molar-refractivity contribution in [2.45, 2.75) is 38.9 Å². The topological polar surface area (TPSA) is 98.9 Å². The largest absolute Gasteiger partial charge is 0.541 e. The molecule has 0 aliphatic rings. The van der Waals surface area contributed by atoms with Crippen molar-refractivity contribution in [2.75, 3.05) is 7.11 Å². The summed E-state index contributed by atoms with van der Waals surface area (Å²) in [5.41, 5.74) is -0.938. The van der Waals surface area contributed by atoms with Crippen LogP contribution in [0.15, 0.2) is 12.1 Å². The van der Waals surface area contributed by atoms with E-state index in [2.05, 4.69) is 0 Å². The Morgan fingerprint density at radius 2 is 1.82 bits per heavy atom. The number of carboxylic acid groups (broad SMARTS) is 1. The van der Waals surface area contributed by atoms with E-state index in [0.717, 1.165) is 6.07 Å². The number of rotatable bonds is 5. The molecule has 0 aliphatic carbocycles. The van der Waals surface area contributed by atoms with E-state index in [-0.39, 0.29) is 16.5 Å². The average molecular weight is 327 g/mol. The van der Waals surface area contributed by atoms with Crippen molar-refractivity contribution in [3.8, 4) is 11.5 Å². The van der Waals surface area contributed by atoms with E-state index in [9.17, 15) is 20.0 Å². The van der Waals surface area contributed by atoms with Gasteiger partial charge in [-0.3, -0.25) is 10.1 Å². The lowest BCUT2D eigenvalue weighted by Crippen LogP contribution is -2.44. The summed E-state index contributed by atoms with van der Waals surface area (Å²) in [6, 6.07) is 2.26. The van der Waals surface area contributed by atoms with Gasteiger partial charge in [-0.1, -0.05) is 20.8 Å². The molecule has 0 amide bonds. The highest BCUT2D eigenvalue weighted by Gasteiger charge is 2.40. The molecule has 0 spiro atoms. The van der Waals surface area contributed by atoms with Crippen LogP contribution in [-0.2, 0) is 0 Å². The van der Waals surface area contributed by atoms with Crippen LogP contribution in [-0.4, -0.2) is 31.4 Å². The van der Waals surface area contributed by atoms with Gasteiger partial charge in [-0.05, 0) is 18.1 Å². The molecule has 0 fully saturated rings. The van der Waals surface area contributed by atoms with Crippen LogP contribution in [0.3, 0.4) is 0 Å². The van der Waals surface area contributed by atoms with E-state index in [1.54, 1.807) is 0 Å². The SMILES string of the molecule is COc1cc([N+](=O)[O-])c(C(=O)O)cc1O[Si](C)(C)C(C)(C)C. The zero-order chi connectivity index (χ0) is 17.3. The molecule has 8 heteroatoms. The lowest BCUT2D eigenvalue weighted by molar-refractivity contribution is -0.385. The fourth-order valence-corrected chi connectivity index (χ4v) is 2.55. The quantitative estimate of drug-likeness (QED) is 0.503. The lowest BCUT2D eigenvalue weighted by Gasteiger charge is -2.36. The maximum atomic E-state index is 11.3. The van der Waals surface area contributed by atoms with Crippen molar-refractivity contribution in [1.29, 1.82) is 0 Å². The smallest absolute Gasteiger partial charge is 0.342 e. The highest BCUT2D eigenvalue weighted by Crippen LogP contribution is 2.42. The monoisotopic (exact) mass is 327 g/mol. The zero-order valence-electron chi connectivity index (χ0n) is 13.6. The molecule has 0 aliphatic heterocycles. The second-order valence-corrected chi connectivity index (χ2v) is 11.2. The minimum absolute atomic E-state index is 0.108. The Balaban J connectivity index is 3.45. The molecule has 1 N–H and O–H groups in total. The van der Waals surface area contributed by atoms with Crippen LogP contribution in [0, 0.1) is 10.1 Å². The predicted molar refractivity (Wildman–Crippen MR) is 84.4 cm³/mol. The Morgan fingerprint density at radius 3 is 2.18 bits per heavy atom. The zero-order valence-corrected chi connectivity index (χ0v) is 14.6. The highest BCUT2D eigenvalue weighted by atomic mass is 28.4. The summed E-state index contributed by atoms with van der Waals surface area (Å²) >= 11 is 0. The van der Waals surface area contributed by atoms with Crippen molar-refractivity contribution in [2.24, 2.45) is 0 Å². The average Bonchev–Trinajstić information content (AvgIpc) is 2.35. The fraction of sp³-hybridized carbons (Fsp3) is 0.500. The molecule has 0 aromatic heterocycles. The molecule has 0 radical (unpaired) electrons. The first-order valence-electron chi connectivity index (χ1n) is 6.69. The Labute approximate surface area is 130 Å². The van der Waals surface area contributed by atoms with E-state index < -0.39 is 30.5 Å². The van der Waals surface area contributed by atoms with Gasteiger partial charge in [0, 0.05) is 6.07 Å². The number of aromatic carboxylic acids is 1. The minimum Gasteiger partial charge on any atom is -0.541 e. The van der Waals surface area contributed by atoms with Crippen LogP contribution in [0.4, 0.5) is 5.69 Å². The fourth-order valence-electron chi connectivity index (χ4n) is 1.54. The number of benzene rings is 1. The summed E-state index contributed by atoms with van der Waals surface area (Å²) in [4.78, 5) is 21.5. The molecule has 1 rings (SSSR count).